The summed E-state index contributed by atoms with van der Waals surface area (Å²) in [6, 6.07) is 15.7. The van der Waals surface area contributed by atoms with E-state index in [9.17, 15) is 4.79 Å². The van der Waals surface area contributed by atoms with E-state index in [2.05, 4.69) is 20.8 Å². The van der Waals surface area contributed by atoms with Crippen LogP contribution in [0.3, 0.4) is 0 Å². The number of urea groups is 1. The van der Waals surface area contributed by atoms with Gasteiger partial charge in [0.1, 0.15) is 6.04 Å². The molecule has 8 heteroatoms. The first-order chi connectivity index (χ1) is 13.7. The summed E-state index contributed by atoms with van der Waals surface area (Å²) in [5, 5.41) is 14.6. The van der Waals surface area contributed by atoms with E-state index in [-0.39, 0.29) is 6.03 Å². The Balaban J connectivity index is 1.78. The summed E-state index contributed by atoms with van der Waals surface area (Å²) in [5.74, 6) is 0.651. The van der Waals surface area contributed by atoms with Crippen LogP contribution in [0.5, 0.6) is 0 Å². The van der Waals surface area contributed by atoms with Crippen molar-refractivity contribution in [1.82, 2.24) is 20.8 Å². The highest BCUT2D eigenvalue weighted by Gasteiger charge is 2.23. The number of ether oxygens (including phenoxy) is 1. The minimum absolute atomic E-state index is 0.295. The maximum atomic E-state index is 12.3. The lowest BCUT2D eigenvalue weighted by molar-refractivity contribution is 0.193. The average molecular weight is 401 g/mol. The molecular formula is C20H21ClN4O3. The number of carbonyl (C=O) groups is 1. The predicted octanol–water partition coefficient (Wildman–Crippen LogP) is 3.82. The van der Waals surface area contributed by atoms with Crippen LogP contribution in [0.15, 0.2) is 59.0 Å². The Labute approximate surface area is 168 Å². The van der Waals surface area contributed by atoms with Gasteiger partial charge in [-0.3, -0.25) is 0 Å². The lowest BCUT2D eigenvalue weighted by atomic mass is 10.1. The molecule has 0 aliphatic heterocycles. The summed E-state index contributed by atoms with van der Waals surface area (Å²) in [6.45, 7) is 1.08. The van der Waals surface area contributed by atoms with E-state index in [4.69, 9.17) is 20.8 Å². The number of methoxy groups -OCH3 is 1. The molecule has 0 radical (unpaired) electrons. The second-order valence-corrected chi connectivity index (χ2v) is 6.48. The van der Waals surface area contributed by atoms with E-state index in [1.807, 2.05) is 30.3 Å². The molecule has 28 heavy (non-hydrogen) atoms. The lowest BCUT2D eigenvalue weighted by Crippen LogP contribution is -2.39. The molecule has 0 aliphatic rings. The number of nitrogens with one attached hydrogen (secondary N) is 2. The predicted molar refractivity (Wildman–Crippen MR) is 106 cm³/mol. The van der Waals surface area contributed by atoms with Crippen molar-refractivity contribution in [2.24, 2.45) is 0 Å². The Morgan fingerprint density at radius 1 is 1.14 bits per heavy atom. The zero-order valence-electron chi connectivity index (χ0n) is 15.4. The van der Waals surface area contributed by atoms with Gasteiger partial charge in [0.2, 0.25) is 11.8 Å². The normalized spacial score (nSPS) is 11.8. The van der Waals surface area contributed by atoms with Gasteiger partial charge in [0.25, 0.3) is 0 Å². The molecule has 1 atom stereocenters. The number of benzene rings is 2. The van der Waals surface area contributed by atoms with Crippen molar-refractivity contribution in [3.05, 3.63) is 71.1 Å². The molecule has 0 unspecified atom stereocenters. The molecule has 2 N–H and O–H groups in total. The second-order valence-electron chi connectivity index (χ2n) is 6.04. The van der Waals surface area contributed by atoms with Gasteiger partial charge in [-0.2, -0.15) is 0 Å². The van der Waals surface area contributed by atoms with Crippen molar-refractivity contribution >= 4 is 17.6 Å². The van der Waals surface area contributed by atoms with Crippen LogP contribution in [-0.2, 0) is 4.74 Å². The van der Waals surface area contributed by atoms with Crippen LogP contribution in [-0.4, -0.2) is 36.5 Å². The molecule has 3 rings (SSSR count). The molecule has 0 spiro atoms. The third kappa shape index (κ3) is 5.31. The maximum Gasteiger partial charge on any atom is 0.315 e. The maximum absolute atomic E-state index is 12.3. The SMILES string of the molecule is COCCCNC(=O)N[C@H](c1ccccc1)c1nnc(-c2ccc(Cl)cc2)o1. The van der Waals surface area contributed by atoms with Gasteiger partial charge in [-0.25, -0.2) is 4.79 Å². The molecule has 2 amide bonds. The molecule has 146 valence electrons. The van der Waals surface area contributed by atoms with Gasteiger partial charge in [0.05, 0.1) is 0 Å². The summed E-state index contributed by atoms with van der Waals surface area (Å²) in [7, 11) is 1.62. The first-order valence-electron chi connectivity index (χ1n) is 8.85. The van der Waals surface area contributed by atoms with Crippen LogP contribution in [0.2, 0.25) is 5.02 Å². The Hall–Kier alpha value is -2.90. The van der Waals surface area contributed by atoms with Crippen LogP contribution >= 0.6 is 11.6 Å². The zero-order valence-corrected chi connectivity index (χ0v) is 16.1. The van der Waals surface area contributed by atoms with Crippen molar-refractivity contribution in [3.8, 4) is 11.5 Å². The molecule has 0 saturated heterocycles. The van der Waals surface area contributed by atoms with Crippen LogP contribution in [0.25, 0.3) is 11.5 Å². The highest BCUT2D eigenvalue weighted by atomic mass is 35.5. The van der Waals surface area contributed by atoms with Gasteiger partial charge in [0.15, 0.2) is 0 Å². The minimum atomic E-state index is -0.572. The second kappa shape index (κ2) is 9.87. The average Bonchev–Trinajstić information content (AvgIpc) is 3.20. The highest BCUT2D eigenvalue weighted by Crippen LogP contribution is 2.25. The van der Waals surface area contributed by atoms with E-state index in [1.165, 1.54) is 0 Å². The monoisotopic (exact) mass is 400 g/mol. The van der Waals surface area contributed by atoms with E-state index >= 15 is 0 Å². The van der Waals surface area contributed by atoms with Crippen molar-refractivity contribution < 1.29 is 13.9 Å². The van der Waals surface area contributed by atoms with Crippen molar-refractivity contribution in [2.75, 3.05) is 20.3 Å². The number of amides is 2. The standard InChI is InChI=1S/C20H21ClN4O3/c1-27-13-5-12-22-20(26)23-17(14-6-3-2-4-7-14)19-25-24-18(28-19)15-8-10-16(21)11-9-15/h2-4,6-11,17H,5,12-13H2,1H3,(H2,22,23,26)/t17-/m1/s1. The molecule has 2 aromatic carbocycles. The number of carbonyl (C=O) groups excluding carboxylic acids is 1. The smallest absolute Gasteiger partial charge is 0.315 e. The fourth-order valence-corrected chi connectivity index (χ4v) is 2.72. The van der Waals surface area contributed by atoms with Gasteiger partial charge in [0, 0.05) is 30.8 Å². The van der Waals surface area contributed by atoms with Gasteiger partial charge in [-0.15, -0.1) is 10.2 Å². The molecule has 0 bridgehead atoms. The van der Waals surface area contributed by atoms with E-state index in [0.29, 0.717) is 30.0 Å². The van der Waals surface area contributed by atoms with Gasteiger partial charge >= 0.3 is 6.03 Å². The van der Waals surface area contributed by atoms with Crippen LogP contribution in [0, 0.1) is 0 Å². The Kier molecular flexibility index (Phi) is 7.00. The Morgan fingerprint density at radius 3 is 2.61 bits per heavy atom. The molecule has 1 heterocycles. The fourth-order valence-electron chi connectivity index (χ4n) is 2.59. The quantitative estimate of drug-likeness (QED) is 0.561. The van der Waals surface area contributed by atoms with E-state index in [0.717, 1.165) is 17.5 Å². The third-order valence-corrected chi connectivity index (χ3v) is 4.25. The molecule has 3 aromatic rings. The van der Waals surface area contributed by atoms with E-state index < -0.39 is 6.04 Å². The van der Waals surface area contributed by atoms with Crippen molar-refractivity contribution in [1.29, 1.82) is 0 Å². The first kappa shape index (κ1) is 19.9. The largest absolute Gasteiger partial charge is 0.418 e. The van der Waals surface area contributed by atoms with E-state index in [1.54, 1.807) is 31.4 Å². The summed E-state index contributed by atoms with van der Waals surface area (Å²) in [6.07, 6.45) is 0.723. The summed E-state index contributed by atoms with van der Waals surface area (Å²) >= 11 is 5.92. The summed E-state index contributed by atoms with van der Waals surface area (Å²) < 4.78 is 10.8. The highest BCUT2D eigenvalue weighted by molar-refractivity contribution is 6.30. The Morgan fingerprint density at radius 2 is 1.89 bits per heavy atom. The number of rotatable bonds is 8. The summed E-state index contributed by atoms with van der Waals surface area (Å²) in [4.78, 5) is 12.3. The van der Waals surface area contributed by atoms with Gasteiger partial charge in [-0.05, 0) is 36.2 Å². The molecule has 1 aromatic heterocycles. The minimum Gasteiger partial charge on any atom is -0.418 e. The number of halogens is 1. The van der Waals surface area contributed by atoms with Gasteiger partial charge in [-0.1, -0.05) is 41.9 Å². The number of hydrogen-bond donors (Lipinski definition) is 2. The summed E-state index contributed by atoms with van der Waals surface area (Å²) in [5.41, 5.74) is 1.58. The molecule has 7 nitrogen and oxygen atoms in total. The molecular weight excluding hydrogens is 380 g/mol. The molecule has 0 aliphatic carbocycles. The Bertz CT molecular complexity index is 884. The van der Waals surface area contributed by atoms with Gasteiger partial charge < -0.3 is 19.8 Å². The van der Waals surface area contributed by atoms with Crippen molar-refractivity contribution in [3.63, 3.8) is 0 Å². The zero-order chi connectivity index (χ0) is 19.8. The van der Waals surface area contributed by atoms with Crippen LogP contribution in [0.4, 0.5) is 4.79 Å². The molecule has 0 fully saturated rings. The number of nitrogens with zero attached hydrogens (tertiary/aromatic N) is 2. The number of hydrogen-bond acceptors (Lipinski definition) is 5. The fraction of sp³-hybridized carbons (Fsp3) is 0.250. The number of aromatic nitrogens is 2. The third-order valence-electron chi connectivity index (χ3n) is 4.00. The van der Waals surface area contributed by atoms with Crippen LogP contribution < -0.4 is 10.6 Å². The molecule has 0 saturated carbocycles. The topological polar surface area (TPSA) is 89.3 Å². The van der Waals surface area contributed by atoms with Crippen LogP contribution in [0.1, 0.15) is 23.9 Å². The lowest BCUT2D eigenvalue weighted by Gasteiger charge is -2.16. The van der Waals surface area contributed by atoms with Crippen molar-refractivity contribution in [2.45, 2.75) is 12.5 Å². The first-order valence-corrected chi connectivity index (χ1v) is 9.23.